The van der Waals surface area contributed by atoms with Gasteiger partial charge in [-0.3, -0.25) is 4.79 Å². The van der Waals surface area contributed by atoms with Crippen molar-refractivity contribution in [3.8, 4) is 0 Å². The number of carboxylic acid groups (broad SMARTS) is 1. The number of carbonyl (C=O) groups excluding carboxylic acids is 1. The van der Waals surface area contributed by atoms with Gasteiger partial charge in [0, 0.05) is 6.42 Å². The first-order valence-electron chi connectivity index (χ1n) is 8.38. The highest BCUT2D eigenvalue weighted by Crippen LogP contribution is 2.18. The molecule has 2 rings (SSSR count). The first-order valence-corrected chi connectivity index (χ1v) is 8.38. The predicted molar refractivity (Wildman–Crippen MR) is 93.4 cm³/mol. The molecule has 0 aliphatic heterocycles. The highest BCUT2D eigenvalue weighted by Gasteiger charge is 2.24. The number of aliphatic carboxylic acids is 1. The van der Waals surface area contributed by atoms with Crippen molar-refractivity contribution >= 4 is 11.9 Å². The lowest BCUT2D eigenvalue weighted by Gasteiger charge is -2.17. The number of nitrogens with one attached hydrogen (secondary N) is 1. The molecule has 0 saturated carbocycles. The lowest BCUT2D eigenvalue weighted by atomic mass is 9.97. The van der Waals surface area contributed by atoms with E-state index in [-0.39, 0.29) is 17.9 Å². The Labute approximate surface area is 150 Å². The molecule has 0 spiro atoms. The summed E-state index contributed by atoms with van der Waals surface area (Å²) in [6.45, 7) is 1.91. The van der Waals surface area contributed by atoms with E-state index in [0.717, 1.165) is 31.0 Å². The molecule has 2 aromatic carbocycles. The maximum absolute atomic E-state index is 13.3. The monoisotopic (exact) mass is 361 g/mol. The second kappa shape index (κ2) is 9.08. The smallest absolute Gasteiger partial charge is 0.330 e. The number of aryl methyl sites for hydroxylation is 1. The van der Waals surface area contributed by atoms with Gasteiger partial charge in [0.25, 0.3) is 0 Å². The molecule has 2 N–H and O–H groups in total. The van der Waals surface area contributed by atoms with Crippen molar-refractivity contribution in [2.75, 3.05) is 0 Å². The van der Waals surface area contributed by atoms with Crippen LogP contribution in [0.3, 0.4) is 0 Å². The lowest BCUT2D eigenvalue weighted by Crippen LogP contribution is -2.34. The topological polar surface area (TPSA) is 66.4 Å². The van der Waals surface area contributed by atoms with Gasteiger partial charge in [-0.25, -0.2) is 13.6 Å². The molecule has 0 aliphatic rings. The average Bonchev–Trinajstić information content (AvgIpc) is 2.61. The fourth-order valence-electron chi connectivity index (χ4n) is 2.68. The van der Waals surface area contributed by atoms with Crippen LogP contribution >= 0.6 is 0 Å². The lowest BCUT2D eigenvalue weighted by molar-refractivity contribution is -0.142. The second-order valence-electron chi connectivity index (χ2n) is 6.35. The zero-order chi connectivity index (χ0) is 19.1. The minimum atomic E-state index is -1.42. The van der Waals surface area contributed by atoms with Gasteiger partial charge in [0.2, 0.25) is 5.91 Å². The molecule has 4 nitrogen and oxygen atoms in total. The Balaban J connectivity index is 1.92. The summed E-state index contributed by atoms with van der Waals surface area (Å²) in [7, 11) is 0. The molecule has 2 atom stereocenters. The Kier molecular flexibility index (Phi) is 6.83. The maximum Gasteiger partial charge on any atom is 0.330 e. The van der Waals surface area contributed by atoms with Crippen molar-refractivity contribution in [2.24, 2.45) is 5.92 Å². The number of halogens is 2. The zero-order valence-corrected chi connectivity index (χ0v) is 14.4. The summed E-state index contributed by atoms with van der Waals surface area (Å²) in [5.41, 5.74) is 1.16. The molecule has 0 aromatic heterocycles. The normalized spacial score (nSPS) is 13.0. The molecule has 0 unspecified atom stereocenters. The minimum Gasteiger partial charge on any atom is -0.479 e. The van der Waals surface area contributed by atoms with Gasteiger partial charge < -0.3 is 10.4 Å². The fourth-order valence-corrected chi connectivity index (χ4v) is 2.68. The second-order valence-corrected chi connectivity index (χ2v) is 6.35. The summed E-state index contributed by atoms with van der Waals surface area (Å²) < 4.78 is 26.3. The van der Waals surface area contributed by atoms with Crippen LogP contribution in [0.4, 0.5) is 8.78 Å². The van der Waals surface area contributed by atoms with Crippen LogP contribution in [0.25, 0.3) is 0 Å². The van der Waals surface area contributed by atoms with Crippen molar-refractivity contribution in [2.45, 2.75) is 32.2 Å². The molecule has 0 bridgehead atoms. The number of carboxylic acids is 1. The molecule has 0 saturated heterocycles. The van der Waals surface area contributed by atoms with E-state index in [4.69, 9.17) is 0 Å². The third-order valence-corrected chi connectivity index (χ3v) is 4.13. The van der Waals surface area contributed by atoms with E-state index in [1.165, 1.54) is 5.56 Å². The van der Waals surface area contributed by atoms with Crippen molar-refractivity contribution in [1.82, 2.24) is 5.32 Å². The Hall–Kier alpha value is -2.76. The van der Waals surface area contributed by atoms with E-state index in [0.29, 0.717) is 0 Å². The van der Waals surface area contributed by atoms with E-state index in [9.17, 15) is 23.5 Å². The quantitative estimate of drug-likeness (QED) is 0.750. The van der Waals surface area contributed by atoms with Gasteiger partial charge in [-0.05, 0) is 42.0 Å². The summed E-state index contributed by atoms with van der Waals surface area (Å²) in [6.07, 6.45) is 1.75. The van der Waals surface area contributed by atoms with Gasteiger partial charge in [0.15, 0.2) is 17.7 Å². The molecule has 0 fully saturated rings. The summed E-state index contributed by atoms with van der Waals surface area (Å²) in [5.74, 6) is -3.95. The van der Waals surface area contributed by atoms with Gasteiger partial charge in [-0.15, -0.1) is 0 Å². The molecular weight excluding hydrogens is 340 g/mol. The summed E-state index contributed by atoms with van der Waals surface area (Å²) in [6, 6.07) is 11.2. The van der Waals surface area contributed by atoms with Crippen LogP contribution in [-0.4, -0.2) is 17.0 Å². The molecule has 1 amide bonds. The van der Waals surface area contributed by atoms with Crippen LogP contribution in [0.2, 0.25) is 0 Å². The van der Waals surface area contributed by atoms with Crippen LogP contribution < -0.4 is 5.32 Å². The van der Waals surface area contributed by atoms with Crippen molar-refractivity contribution in [3.05, 3.63) is 71.3 Å². The average molecular weight is 361 g/mol. The molecule has 26 heavy (non-hydrogen) atoms. The van der Waals surface area contributed by atoms with Crippen molar-refractivity contribution in [3.63, 3.8) is 0 Å². The standard InChI is InChI=1S/C20H21F2NO3/c1-13(7-8-14-5-3-2-4-6-14)11-18(24)23-19(20(25)26)15-9-10-16(21)17(22)12-15/h2-6,9-10,12-13,19H,7-8,11H2,1H3,(H,23,24)(H,25,26)/t13-,19-/m1/s1. The minimum absolute atomic E-state index is 0.0123. The summed E-state index contributed by atoms with van der Waals surface area (Å²) in [5, 5.41) is 11.7. The molecular formula is C20H21F2NO3. The molecule has 0 radical (unpaired) electrons. The van der Waals surface area contributed by atoms with Crippen LogP contribution in [0.15, 0.2) is 48.5 Å². The first kappa shape index (κ1) is 19.6. The third-order valence-electron chi connectivity index (χ3n) is 4.13. The summed E-state index contributed by atoms with van der Waals surface area (Å²) >= 11 is 0. The largest absolute Gasteiger partial charge is 0.479 e. The van der Waals surface area contributed by atoms with Gasteiger partial charge in [-0.2, -0.15) is 0 Å². The molecule has 6 heteroatoms. The predicted octanol–water partition coefficient (Wildman–Crippen LogP) is 3.87. The maximum atomic E-state index is 13.3. The SMILES string of the molecule is C[C@H](CCc1ccccc1)CC(=O)N[C@@H](C(=O)O)c1ccc(F)c(F)c1. The van der Waals surface area contributed by atoms with E-state index >= 15 is 0 Å². The van der Waals surface area contributed by atoms with Crippen LogP contribution in [0.1, 0.15) is 36.9 Å². The summed E-state index contributed by atoms with van der Waals surface area (Å²) in [4.78, 5) is 23.6. The van der Waals surface area contributed by atoms with E-state index in [2.05, 4.69) is 5.32 Å². The van der Waals surface area contributed by atoms with Crippen molar-refractivity contribution < 1.29 is 23.5 Å². The fraction of sp³-hybridized carbons (Fsp3) is 0.300. The zero-order valence-electron chi connectivity index (χ0n) is 14.4. The number of hydrogen-bond acceptors (Lipinski definition) is 2. The molecule has 138 valence electrons. The third kappa shape index (κ3) is 5.65. The van der Waals surface area contributed by atoms with Gasteiger partial charge >= 0.3 is 5.97 Å². The van der Waals surface area contributed by atoms with E-state index < -0.39 is 29.6 Å². The first-order chi connectivity index (χ1) is 12.4. The molecule has 0 heterocycles. The van der Waals surface area contributed by atoms with Crippen molar-refractivity contribution in [1.29, 1.82) is 0 Å². The van der Waals surface area contributed by atoms with E-state index in [1.807, 2.05) is 37.3 Å². The van der Waals surface area contributed by atoms with Crippen LogP contribution in [0.5, 0.6) is 0 Å². The Morgan fingerprint density at radius 3 is 2.38 bits per heavy atom. The Morgan fingerprint density at radius 1 is 1.08 bits per heavy atom. The van der Waals surface area contributed by atoms with E-state index in [1.54, 1.807) is 0 Å². The number of hydrogen-bond donors (Lipinski definition) is 2. The number of benzene rings is 2. The van der Waals surface area contributed by atoms with Crippen LogP contribution in [-0.2, 0) is 16.0 Å². The number of rotatable bonds is 8. The van der Waals surface area contributed by atoms with Crippen LogP contribution in [0, 0.1) is 17.6 Å². The van der Waals surface area contributed by atoms with Gasteiger partial charge in [0.05, 0.1) is 0 Å². The molecule has 0 aliphatic carbocycles. The highest BCUT2D eigenvalue weighted by molar-refractivity contribution is 5.84. The van der Waals surface area contributed by atoms with Gasteiger partial charge in [-0.1, -0.05) is 43.3 Å². The number of amides is 1. The Morgan fingerprint density at radius 2 is 1.77 bits per heavy atom. The number of carbonyl (C=O) groups is 2. The molecule has 2 aromatic rings. The Bertz CT molecular complexity index is 765. The highest BCUT2D eigenvalue weighted by atomic mass is 19.2. The van der Waals surface area contributed by atoms with Gasteiger partial charge in [0.1, 0.15) is 0 Å².